The fourth-order valence-corrected chi connectivity index (χ4v) is 2.69. The lowest BCUT2D eigenvalue weighted by atomic mass is 10.2. The zero-order valence-electron chi connectivity index (χ0n) is 10.8. The van der Waals surface area contributed by atoms with E-state index >= 15 is 0 Å². The van der Waals surface area contributed by atoms with Crippen LogP contribution in [-0.4, -0.2) is 10.1 Å². The Balaban J connectivity index is 1.70. The fraction of sp³-hybridized carbons (Fsp3) is 0.143. The molecule has 0 fully saturated rings. The molecule has 6 heteroatoms. The number of nitrogens with zero attached hydrogens (tertiary/aromatic N) is 2. The third-order valence-electron chi connectivity index (χ3n) is 2.87. The van der Waals surface area contributed by atoms with Gasteiger partial charge in [-0.3, -0.25) is 0 Å². The van der Waals surface area contributed by atoms with Crippen molar-refractivity contribution in [3.8, 4) is 11.4 Å². The molecule has 0 aliphatic carbocycles. The number of thiophene rings is 1. The highest BCUT2D eigenvalue weighted by atomic mass is 35.5. The number of halogens is 1. The molecular weight excluding hydrogens is 294 g/mol. The molecule has 0 spiro atoms. The van der Waals surface area contributed by atoms with Crippen molar-refractivity contribution < 1.29 is 4.52 Å². The van der Waals surface area contributed by atoms with Crippen molar-refractivity contribution in [2.75, 3.05) is 5.32 Å². The van der Waals surface area contributed by atoms with Gasteiger partial charge in [0.15, 0.2) is 0 Å². The lowest BCUT2D eigenvalue weighted by Crippen LogP contribution is -2.01. The molecule has 0 radical (unpaired) electrons. The summed E-state index contributed by atoms with van der Waals surface area (Å²) >= 11 is 7.53. The van der Waals surface area contributed by atoms with Crippen molar-refractivity contribution in [1.29, 1.82) is 0 Å². The monoisotopic (exact) mass is 305 g/mol. The SMILES string of the molecule is Cc1cc(Cl)ccc1NCc1nc(-c2ccsc2)no1. The molecule has 0 unspecified atom stereocenters. The summed E-state index contributed by atoms with van der Waals surface area (Å²) < 4.78 is 5.23. The van der Waals surface area contributed by atoms with Crippen LogP contribution in [0.25, 0.3) is 11.4 Å². The summed E-state index contributed by atoms with van der Waals surface area (Å²) in [5, 5.41) is 11.9. The Morgan fingerprint density at radius 1 is 1.35 bits per heavy atom. The smallest absolute Gasteiger partial charge is 0.246 e. The Morgan fingerprint density at radius 3 is 3.00 bits per heavy atom. The van der Waals surface area contributed by atoms with E-state index in [1.165, 1.54) is 0 Å². The minimum atomic E-state index is 0.486. The van der Waals surface area contributed by atoms with Gasteiger partial charge in [0.05, 0.1) is 6.54 Å². The highest BCUT2D eigenvalue weighted by Gasteiger charge is 2.09. The first-order chi connectivity index (χ1) is 9.72. The Labute approximate surface area is 125 Å². The van der Waals surface area contributed by atoms with Gasteiger partial charge in [0, 0.05) is 21.7 Å². The first-order valence-corrected chi connectivity index (χ1v) is 7.39. The van der Waals surface area contributed by atoms with Crippen molar-refractivity contribution >= 4 is 28.6 Å². The number of hydrogen-bond acceptors (Lipinski definition) is 5. The third-order valence-corrected chi connectivity index (χ3v) is 3.78. The lowest BCUT2D eigenvalue weighted by molar-refractivity contribution is 0.384. The van der Waals surface area contributed by atoms with Crippen LogP contribution in [0.3, 0.4) is 0 Å². The molecule has 2 heterocycles. The minimum absolute atomic E-state index is 0.486. The largest absolute Gasteiger partial charge is 0.376 e. The molecule has 0 aliphatic rings. The van der Waals surface area contributed by atoms with E-state index < -0.39 is 0 Å². The van der Waals surface area contributed by atoms with Crippen LogP contribution < -0.4 is 5.32 Å². The lowest BCUT2D eigenvalue weighted by Gasteiger charge is -2.07. The van der Waals surface area contributed by atoms with E-state index in [9.17, 15) is 0 Å². The molecule has 0 atom stereocenters. The molecule has 0 saturated carbocycles. The van der Waals surface area contributed by atoms with E-state index in [1.807, 2.05) is 41.9 Å². The molecule has 4 nitrogen and oxygen atoms in total. The van der Waals surface area contributed by atoms with E-state index in [4.69, 9.17) is 16.1 Å². The van der Waals surface area contributed by atoms with Gasteiger partial charge in [0.1, 0.15) is 0 Å². The van der Waals surface area contributed by atoms with Gasteiger partial charge in [0.25, 0.3) is 0 Å². The summed E-state index contributed by atoms with van der Waals surface area (Å²) in [6, 6.07) is 7.67. The van der Waals surface area contributed by atoms with Gasteiger partial charge in [-0.05, 0) is 42.1 Å². The topological polar surface area (TPSA) is 51.0 Å². The molecule has 2 aromatic heterocycles. The maximum absolute atomic E-state index is 5.93. The number of aromatic nitrogens is 2. The van der Waals surface area contributed by atoms with E-state index in [1.54, 1.807) is 11.3 Å². The van der Waals surface area contributed by atoms with Gasteiger partial charge in [-0.25, -0.2) is 0 Å². The average molecular weight is 306 g/mol. The Kier molecular flexibility index (Phi) is 3.71. The van der Waals surface area contributed by atoms with Crippen molar-refractivity contribution in [3.63, 3.8) is 0 Å². The fourth-order valence-electron chi connectivity index (χ4n) is 1.83. The number of benzene rings is 1. The summed E-state index contributed by atoms with van der Waals surface area (Å²) in [6.45, 7) is 2.48. The van der Waals surface area contributed by atoms with Gasteiger partial charge in [0.2, 0.25) is 11.7 Å². The summed E-state index contributed by atoms with van der Waals surface area (Å²) in [5.41, 5.74) is 3.06. The van der Waals surface area contributed by atoms with Crippen LogP contribution >= 0.6 is 22.9 Å². The molecular formula is C14H12ClN3OS. The van der Waals surface area contributed by atoms with Gasteiger partial charge in [-0.2, -0.15) is 16.3 Å². The molecule has 3 rings (SSSR count). The molecule has 20 heavy (non-hydrogen) atoms. The van der Waals surface area contributed by atoms with Crippen molar-refractivity contribution in [2.45, 2.75) is 13.5 Å². The third kappa shape index (κ3) is 2.84. The number of rotatable bonds is 4. The van der Waals surface area contributed by atoms with Crippen molar-refractivity contribution in [2.24, 2.45) is 0 Å². The number of aryl methyl sites for hydroxylation is 1. The first kappa shape index (κ1) is 13.1. The zero-order chi connectivity index (χ0) is 13.9. The Bertz CT molecular complexity index is 709. The van der Waals surface area contributed by atoms with Crippen LogP contribution in [-0.2, 0) is 6.54 Å². The summed E-state index contributed by atoms with van der Waals surface area (Å²) in [4.78, 5) is 4.36. The number of nitrogens with one attached hydrogen (secondary N) is 1. The molecule has 0 aliphatic heterocycles. The molecule has 3 aromatic rings. The molecule has 0 saturated heterocycles. The highest BCUT2D eigenvalue weighted by molar-refractivity contribution is 7.08. The average Bonchev–Trinajstić information content (AvgIpc) is 3.08. The van der Waals surface area contributed by atoms with Crippen molar-refractivity contribution in [1.82, 2.24) is 10.1 Å². The predicted molar refractivity (Wildman–Crippen MR) is 81.1 cm³/mol. The zero-order valence-corrected chi connectivity index (χ0v) is 12.3. The van der Waals surface area contributed by atoms with Gasteiger partial charge in [-0.1, -0.05) is 16.8 Å². The molecule has 1 aromatic carbocycles. The van der Waals surface area contributed by atoms with E-state index in [2.05, 4.69) is 15.5 Å². The van der Waals surface area contributed by atoms with E-state index in [-0.39, 0.29) is 0 Å². The van der Waals surface area contributed by atoms with Gasteiger partial charge in [-0.15, -0.1) is 0 Å². The molecule has 0 bridgehead atoms. The van der Waals surface area contributed by atoms with Crippen LogP contribution in [0, 0.1) is 6.92 Å². The van der Waals surface area contributed by atoms with E-state index in [0.717, 1.165) is 21.8 Å². The van der Waals surface area contributed by atoms with Gasteiger partial charge < -0.3 is 9.84 Å². The minimum Gasteiger partial charge on any atom is -0.376 e. The second-order valence-electron chi connectivity index (χ2n) is 4.34. The van der Waals surface area contributed by atoms with E-state index in [0.29, 0.717) is 18.3 Å². The second-order valence-corrected chi connectivity index (χ2v) is 5.55. The standard InChI is InChI=1S/C14H12ClN3OS/c1-9-6-11(15)2-3-12(9)16-7-13-17-14(18-19-13)10-4-5-20-8-10/h2-6,8,16H,7H2,1H3. The van der Waals surface area contributed by atoms with Crippen LogP contribution in [0.5, 0.6) is 0 Å². The van der Waals surface area contributed by atoms with Crippen LogP contribution in [0.4, 0.5) is 5.69 Å². The summed E-state index contributed by atoms with van der Waals surface area (Å²) in [7, 11) is 0. The Morgan fingerprint density at radius 2 is 2.25 bits per heavy atom. The number of anilines is 1. The normalized spacial score (nSPS) is 10.7. The highest BCUT2D eigenvalue weighted by Crippen LogP contribution is 2.21. The molecule has 102 valence electrons. The molecule has 0 amide bonds. The van der Waals surface area contributed by atoms with Crippen molar-refractivity contribution in [3.05, 3.63) is 51.5 Å². The maximum atomic E-state index is 5.93. The summed E-state index contributed by atoms with van der Waals surface area (Å²) in [5.74, 6) is 1.18. The van der Waals surface area contributed by atoms with Crippen LogP contribution in [0.2, 0.25) is 5.02 Å². The predicted octanol–water partition coefficient (Wildman–Crippen LogP) is 4.37. The Hall–Kier alpha value is -1.85. The van der Waals surface area contributed by atoms with Crippen LogP contribution in [0.1, 0.15) is 11.5 Å². The van der Waals surface area contributed by atoms with Crippen LogP contribution in [0.15, 0.2) is 39.5 Å². The summed E-state index contributed by atoms with van der Waals surface area (Å²) in [6.07, 6.45) is 0. The molecule has 1 N–H and O–H groups in total. The second kappa shape index (κ2) is 5.64. The van der Waals surface area contributed by atoms with Gasteiger partial charge >= 0.3 is 0 Å². The quantitative estimate of drug-likeness (QED) is 0.777. The first-order valence-electron chi connectivity index (χ1n) is 6.07. The number of hydrogen-bond donors (Lipinski definition) is 1. The maximum Gasteiger partial charge on any atom is 0.246 e.